The van der Waals surface area contributed by atoms with Gasteiger partial charge in [0.2, 0.25) is 0 Å². The van der Waals surface area contributed by atoms with E-state index in [9.17, 15) is 4.79 Å². The second-order valence-corrected chi connectivity index (χ2v) is 7.51. The molecule has 102 valence electrons. The van der Waals surface area contributed by atoms with Gasteiger partial charge in [-0.2, -0.15) is 0 Å². The van der Waals surface area contributed by atoms with Crippen LogP contribution in [0.1, 0.15) is 26.3 Å². The van der Waals surface area contributed by atoms with Crippen molar-refractivity contribution >= 4 is 31.5 Å². The zero-order valence-corrected chi connectivity index (χ0v) is 12.9. The molecule has 0 saturated heterocycles. The first-order chi connectivity index (χ1) is 9.46. The molecule has 0 saturated carbocycles. The molecule has 0 aliphatic carbocycles. The lowest BCUT2D eigenvalue weighted by molar-refractivity contribution is 0.413. The lowest BCUT2D eigenvalue weighted by atomic mass is 9.88. The highest BCUT2D eigenvalue weighted by Gasteiger charge is 2.15. The Morgan fingerprint density at radius 1 is 0.950 bits per heavy atom. The summed E-state index contributed by atoms with van der Waals surface area (Å²) >= 11 is 1.73. The molecule has 1 heterocycles. The Hall–Kier alpha value is -1.67. The Balaban J connectivity index is 2.37. The maximum absolute atomic E-state index is 12.6. The highest BCUT2D eigenvalue weighted by atomic mass is 32.1. The number of rotatable bonds is 1. The van der Waals surface area contributed by atoms with E-state index in [1.807, 2.05) is 36.4 Å². The van der Waals surface area contributed by atoms with Crippen LogP contribution in [0, 0.1) is 5.41 Å². The van der Waals surface area contributed by atoms with Crippen LogP contribution in [0.25, 0.3) is 20.2 Å². The molecule has 0 unspecified atom stereocenters. The van der Waals surface area contributed by atoms with Gasteiger partial charge in [-0.25, -0.2) is 0 Å². The molecule has 3 rings (SSSR count). The topological polar surface area (TPSA) is 17.1 Å². The largest absolute Gasteiger partial charge is 0.289 e. The Morgan fingerprint density at radius 2 is 1.65 bits per heavy atom. The first-order valence-corrected chi connectivity index (χ1v) is 7.71. The first kappa shape index (κ1) is 13.3. The zero-order chi connectivity index (χ0) is 14.3. The molecule has 0 radical (unpaired) electrons. The minimum absolute atomic E-state index is 0.158. The van der Waals surface area contributed by atoms with Crippen LogP contribution in [0.15, 0.2) is 47.3 Å². The molecule has 0 atom stereocenters. The fourth-order valence-corrected chi connectivity index (χ4v) is 3.77. The molecule has 2 aromatic carbocycles. The Morgan fingerprint density at radius 3 is 2.40 bits per heavy atom. The lowest BCUT2D eigenvalue weighted by Crippen LogP contribution is -2.10. The minimum atomic E-state index is 0.158. The molecular weight excluding hydrogens is 264 g/mol. The van der Waals surface area contributed by atoms with E-state index >= 15 is 0 Å². The molecule has 2 heteroatoms. The van der Waals surface area contributed by atoms with Gasteiger partial charge in [0.05, 0.1) is 0 Å². The molecule has 0 spiro atoms. The summed E-state index contributed by atoms with van der Waals surface area (Å²) in [7, 11) is 0. The lowest BCUT2D eigenvalue weighted by Gasteiger charge is -2.19. The molecular formula is C18H18OS. The van der Waals surface area contributed by atoms with Gasteiger partial charge in [-0.15, -0.1) is 11.3 Å². The fraction of sp³-hybridized carbons (Fsp3) is 0.278. The van der Waals surface area contributed by atoms with E-state index in [4.69, 9.17) is 0 Å². The molecule has 20 heavy (non-hydrogen) atoms. The van der Waals surface area contributed by atoms with Gasteiger partial charge in [0.1, 0.15) is 0 Å². The normalized spacial score (nSPS) is 12.2. The summed E-state index contributed by atoms with van der Waals surface area (Å²) in [6.45, 7) is 6.70. The van der Waals surface area contributed by atoms with Crippen molar-refractivity contribution < 1.29 is 0 Å². The smallest absolute Gasteiger partial charge is 0.195 e. The summed E-state index contributed by atoms with van der Waals surface area (Å²) in [5.41, 5.74) is 1.66. The first-order valence-electron chi connectivity index (χ1n) is 6.89. The van der Waals surface area contributed by atoms with E-state index in [0.717, 1.165) is 26.6 Å². The van der Waals surface area contributed by atoms with Gasteiger partial charge >= 0.3 is 0 Å². The van der Waals surface area contributed by atoms with E-state index in [1.165, 1.54) is 5.56 Å². The fourth-order valence-electron chi connectivity index (χ4n) is 2.59. The summed E-state index contributed by atoms with van der Waals surface area (Å²) in [5, 5.41) is 1.69. The Kier molecular flexibility index (Phi) is 3.14. The van der Waals surface area contributed by atoms with E-state index in [-0.39, 0.29) is 10.8 Å². The van der Waals surface area contributed by atoms with Crippen LogP contribution in [0.5, 0.6) is 0 Å². The van der Waals surface area contributed by atoms with Crippen molar-refractivity contribution in [2.24, 2.45) is 5.41 Å². The highest BCUT2D eigenvalue weighted by molar-refractivity contribution is 7.24. The molecule has 0 fully saturated rings. The monoisotopic (exact) mass is 282 g/mol. The van der Waals surface area contributed by atoms with Crippen LogP contribution in [0.4, 0.5) is 0 Å². The molecule has 0 bridgehead atoms. The standard InChI is InChI=1S/C18H18OS/c1-18(2,3)11-12-7-6-9-14-16(19)13-8-4-5-10-15(13)20-17(12)14/h4-10H,11H2,1-3H3. The predicted molar refractivity (Wildman–Crippen MR) is 88.8 cm³/mol. The van der Waals surface area contributed by atoms with Crippen molar-refractivity contribution in [2.75, 3.05) is 0 Å². The second kappa shape index (κ2) is 4.71. The van der Waals surface area contributed by atoms with Gasteiger partial charge in [-0.05, 0) is 35.6 Å². The highest BCUT2D eigenvalue weighted by Crippen LogP contribution is 2.31. The van der Waals surface area contributed by atoms with Crippen molar-refractivity contribution in [1.82, 2.24) is 0 Å². The van der Waals surface area contributed by atoms with Crippen LogP contribution in [-0.4, -0.2) is 0 Å². The third kappa shape index (κ3) is 2.36. The van der Waals surface area contributed by atoms with Crippen molar-refractivity contribution in [3.8, 4) is 0 Å². The summed E-state index contributed by atoms with van der Waals surface area (Å²) in [6.07, 6.45) is 0.985. The second-order valence-electron chi connectivity index (χ2n) is 6.46. The summed E-state index contributed by atoms with van der Waals surface area (Å²) < 4.78 is 2.22. The summed E-state index contributed by atoms with van der Waals surface area (Å²) in [4.78, 5) is 12.6. The number of fused-ring (bicyclic) bond motifs is 2. The van der Waals surface area contributed by atoms with Gasteiger partial charge in [0.25, 0.3) is 0 Å². The van der Waals surface area contributed by atoms with Crippen LogP contribution in [0.3, 0.4) is 0 Å². The third-order valence-corrected chi connectivity index (χ3v) is 4.67. The Bertz CT molecular complexity index is 837. The van der Waals surface area contributed by atoms with Gasteiger partial charge < -0.3 is 0 Å². The van der Waals surface area contributed by atoms with Crippen molar-refractivity contribution in [3.05, 3.63) is 58.3 Å². The van der Waals surface area contributed by atoms with E-state index < -0.39 is 0 Å². The Labute approximate surface area is 122 Å². The number of hydrogen-bond donors (Lipinski definition) is 0. The average Bonchev–Trinajstić information content (AvgIpc) is 2.39. The van der Waals surface area contributed by atoms with Crippen LogP contribution >= 0.6 is 11.3 Å². The van der Waals surface area contributed by atoms with Gasteiger partial charge in [0, 0.05) is 20.2 Å². The molecule has 0 aliphatic heterocycles. The third-order valence-electron chi connectivity index (χ3n) is 3.41. The zero-order valence-electron chi connectivity index (χ0n) is 12.1. The van der Waals surface area contributed by atoms with Gasteiger partial charge in [-0.3, -0.25) is 4.79 Å². The molecule has 3 aromatic rings. The predicted octanol–water partition coefficient (Wildman–Crippen LogP) is 5.00. The van der Waals surface area contributed by atoms with E-state index in [1.54, 1.807) is 11.3 Å². The van der Waals surface area contributed by atoms with Crippen molar-refractivity contribution in [2.45, 2.75) is 27.2 Å². The van der Waals surface area contributed by atoms with Crippen LogP contribution in [-0.2, 0) is 6.42 Å². The molecule has 1 aromatic heterocycles. The summed E-state index contributed by atoms with van der Waals surface area (Å²) in [6, 6.07) is 14.0. The van der Waals surface area contributed by atoms with Crippen LogP contribution in [0.2, 0.25) is 0 Å². The molecule has 0 N–H and O–H groups in total. The van der Waals surface area contributed by atoms with Gasteiger partial charge in [0.15, 0.2) is 5.43 Å². The van der Waals surface area contributed by atoms with E-state index in [2.05, 4.69) is 26.8 Å². The summed E-state index contributed by atoms with van der Waals surface area (Å²) in [5.74, 6) is 0. The molecule has 0 amide bonds. The number of hydrogen-bond acceptors (Lipinski definition) is 2. The quantitative estimate of drug-likeness (QED) is 0.574. The van der Waals surface area contributed by atoms with Crippen molar-refractivity contribution in [3.63, 3.8) is 0 Å². The van der Waals surface area contributed by atoms with E-state index in [0.29, 0.717) is 0 Å². The average molecular weight is 282 g/mol. The SMILES string of the molecule is CC(C)(C)Cc1cccc2c(=O)c3ccccc3sc12. The maximum Gasteiger partial charge on any atom is 0.195 e. The van der Waals surface area contributed by atoms with Gasteiger partial charge in [-0.1, -0.05) is 45.0 Å². The maximum atomic E-state index is 12.6. The molecule has 1 nitrogen and oxygen atoms in total. The number of benzene rings is 2. The van der Waals surface area contributed by atoms with Crippen LogP contribution < -0.4 is 5.43 Å². The molecule has 0 aliphatic rings. The minimum Gasteiger partial charge on any atom is -0.289 e. The van der Waals surface area contributed by atoms with Crippen molar-refractivity contribution in [1.29, 1.82) is 0 Å².